The molecule has 1 aromatic carbocycles. The smallest absolute Gasteiger partial charge is 0.321 e. The molecule has 0 spiro atoms. The van der Waals surface area contributed by atoms with Crippen molar-refractivity contribution in [2.75, 3.05) is 26.0 Å². The van der Waals surface area contributed by atoms with Gasteiger partial charge in [0.2, 0.25) is 0 Å². The molecule has 0 bridgehead atoms. The third-order valence-corrected chi connectivity index (χ3v) is 1.88. The fourth-order valence-corrected chi connectivity index (χ4v) is 1.03. The largest absolute Gasteiger partial charge is 0.331 e. The first-order chi connectivity index (χ1) is 7.63. The Bertz CT molecular complexity index is 412. The van der Waals surface area contributed by atoms with Gasteiger partial charge < -0.3 is 16.0 Å². The van der Waals surface area contributed by atoms with Crippen LogP contribution in [0.2, 0.25) is 0 Å². The third kappa shape index (κ3) is 3.64. The van der Waals surface area contributed by atoms with E-state index in [2.05, 4.69) is 17.2 Å². The first kappa shape index (κ1) is 12.1. The van der Waals surface area contributed by atoms with Crippen molar-refractivity contribution in [3.05, 3.63) is 29.8 Å². The van der Waals surface area contributed by atoms with Crippen molar-refractivity contribution in [2.45, 2.75) is 0 Å². The van der Waals surface area contributed by atoms with Crippen LogP contribution in [0.1, 0.15) is 5.56 Å². The van der Waals surface area contributed by atoms with E-state index in [1.807, 2.05) is 24.3 Å². The van der Waals surface area contributed by atoms with Gasteiger partial charge >= 0.3 is 6.03 Å². The Morgan fingerprint density at radius 3 is 2.50 bits per heavy atom. The van der Waals surface area contributed by atoms with E-state index in [4.69, 9.17) is 5.73 Å². The Balaban J connectivity index is 2.68. The molecule has 0 aliphatic carbocycles. The molecular weight excluding hydrogens is 202 g/mol. The van der Waals surface area contributed by atoms with Gasteiger partial charge in [0.15, 0.2) is 0 Å². The molecule has 0 atom stereocenters. The number of nitrogens with one attached hydrogen (secondary N) is 1. The molecule has 84 valence electrons. The molecule has 0 saturated carbocycles. The Hall–Kier alpha value is -1.99. The second-order valence-corrected chi connectivity index (χ2v) is 3.41. The van der Waals surface area contributed by atoms with E-state index >= 15 is 0 Å². The van der Waals surface area contributed by atoms with Crippen molar-refractivity contribution in [2.24, 2.45) is 5.73 Å². The summed E-state index contributed by atoms with van der Waals surface area (Å²) < 4.78 is 0. The zero-order chi connectivity index (χ0) is 12.0. The summed E-state index contributed by atoms with van der Waals surface area (Å²) in [4.78, 5) is 12.8. The number of carbonyl (C=O) groups is 1. The van der Waals surface area contributed by atoms with Crippen LogP contribution < -0.4 is 11.1 Å². The molecule has 4 nitrogen and oxygen atoms in total. The standard InChI is InChI=1S/C12H15N3O/c1-15(2)12(16)14-11-7-5-10(6-8-11)4-3-9-13/h5-8H,9,13H2,1-2H3,(H,14,16). The number of rotatable bonds is 1. The lowest BCUT2D eigenvalue weighted by molar-refractivity contribution is 0.230. The number of benzene rings is 1. The third-order valence-electron chi connectivity index (χ3n) is 1.88. The predicted molar refractivity (Wildman–Crippen MR) is 65.1 cm³/mol. The molecule has 4 heteroatoms. The maximum absolute atomic E-state index is 11.3. The summed E-state index contributed by atoms with van der Waals surface area (Å²) in [6.45, 7) is 0.346. The van der Waals surface area contributed by atoms with Gasteiger partial charge in [-0.1, -0.05) is 11.8 Å². The fraction of sp³-hybridized carbons (Fsp3) is 0.250. The summed E-state index contributed by atoms with van der Waals surface area (Å²) in [6, 6.07) is 7.15. The predicted octanol–water partition coefficient (Wildman–Crippen LogP) is 1.09. The van der Waals surface area contributed by atoms with Crippen LogP contribution in [0.25, 0.3) is 0 Å². The van der Waals surface area contributed by atoms with Gasteiger partial charge in [-0.15, -0.1) is 0 Å². The highest BCUT2D eigenvalue weighted by Crippen LogP contribution is 2.09. The molecular formula is C12H15N3O. The second kappa shape index (κ2) is 5.79. The van der Waals surface area contributed by atoms with Crippen LogP contribution in [0.3, 0.4) is 0 Å². The number of hydrogen-bond acceptors (Lipinski definition) is 2. The molecule has 0 saturated heterocycles. The van der Waals surface area contributed by atoms with Gasteiger partial charge in [-0.3, -0.25) is 0 Å². The molecule has 0 aromatic heterocycles. The number of anilines is 1. The lowest BCUT2D eigenvalue weighted by atomic mass is 10.2. The Morgan fingerprint density at radius 2 is 2.00 bits per heavy atom. The molecule has 1 rings (SSSR count). The topological polar surface area (TPSA) is 58.4 Å². The van der Waals surface area contributed by atoms with E-state index in [0.717, 1.165) is 11.3 Å². The monoisotopic (exact) mass is 217 g/mol. The first-order valence-electron chi connectivity index (χ1n) is 4.91. The van der Waals surface area contributed by atoms with Crippen LogP contribution >= 0.6 is 0 Å². The average molecular weight is 217 g/mol. The molecule has 2 amide bonds. The number of carbonyl (C=O) groups excluding carboxylic acids is 1. The lowest BCUT2D eigenvalue weighted by Crippen LogP contribution is -2.27. The van der Waals surface area contributed by atoms with Crippen molar-refractivity contribution < 1.29 is 4.79 Å². The quantitative estimate of drug-likeness (QED) is 0.692. The van der Waals surface area contributed by atoms with Crippen molar-refractivity contribution in [3.8, 4) is 11.8 Å². The Morgan fingerprint density at radius 1 is 1.38 bits per heavy atom. The molecule has 1 aromatic rings. The minimum absolute atomic E-state index is 0.152. The molecule has 0 aliphatic rings. The SMILES string of the molecule is CN(C)C(=O)Nc1ccc(C#CCN)cc1. The highest BCUT2D eigenvalue weighted by atomic mass is 16.2. The maximum Gasteiger partial charge on any atom is 0.321 e. The van der Waals surface area contributed by atoms with Crippen LogP contribution in [0, 0.1) is 11.8 Å². The van der Waals surface area contributed by atoms with E-state index in [1.165, 1.54) is 4.90 Å². The van der Waals surface area contributed by atoms with Gasteiger partial charge in [0.25, 0.3) is 0 Å². The summed E-state index contributed by atoms with van der Waals surface area (Å²) in [5.74, 6) is 5.67. The van der Waals surface area contributed by atoms with Gasteiger partial charge in [-0.05, 0) is 24.3 Å². The van der Waals surface area contributed by atoms with Gasteiger partial charge in [-0.2, -0.15) is 0 Å². The number of hydrogen-bond donors (Lipinski definition) is 2. The Labute approximate surface area is 95.4 Å². The second-order valence-electron chi connectivity index (χ2n) is 3.41. The summed E-state index contributed by atoms with van der Waals surface area (Å²) >= 11 is 0. The minimum Gasteiger partial charge on any atom is -0.331 e. The lowest BCUT2D eigenvalue weighted by Gasteiger charge is -2.11. The van der Waals surface area contributed by atoms with Crippen LogP contribution in [0.4, 0.5) is 10.5 Å². The van der Waals surface area contributed by atoms with Crippen LogP contribution in [0.5, 0.6) is 0 Å². The highest BCUT2D eigenvalue weighted by Gasteiger charge is 2.02. The van der Waals surface area contributed by atoms with Gasteiger partial charge in [0.1, 0.15) is 0 Å². The number of amides is 2. The van der Waals surface area contributed by atoms with E-state index in [-0.39, 0.29) is 6.03 Å². The van der Waals surface area contributed by atoms with Gasteiger partial charge in [-0.25, -0.2) is 4.79 Å². The number of nitrogens with two attached hydrogens (primary N) is 1. The fourth-order valence-electron chi connectivity index (χ4n) is 1.03. The maximum atomic E-state index is 11.3. The van der Waals surface area contributed by atoms with Crippen molar-refractivity contribution in [3.63, 3.8) is 0 Å². The summed E-state index contributed by atoms with van der Waals surface area (Å²) in [6.07, 6.45) is 0. The highest BCUT2D eigenvalue weighted by molar-refractivity contribution is 5.88. The van der Waals surface area contributed by atoms with Crippen molar-refractivity contribution in [1.29, 1.82) is 0 Å². The van der Waals surface area contributed by atoms with Gasteiger partial charge in [0.05, 0.1) is 6.54 Å². The summed E-state index contributed by atoms with van der Waals surface area (Å²) in [5.41, 5.74) is 6.90. The zero-order valence-electron chi connectivity index (χ0n) is 9.45. The molecule has 0 fully saturated rings. The molecule has 0 aliphatic heterocycles. The van der Waals surface area contributed by atoms with E-state index in [9.17, 15) is 4.79 Å². The molecule has 0 radical (unpaired) electrons. The molecule has 0 heterocycles. The van der Waals surface area contributed by atoms with Crippen LogP contribution in [0.15, 0.2) is 24.3 Å². The normalized spacial score (nSPS) is 8.94. The molecule has 16 heavy (non-hydrogen) atoms. The van der Waals surface area contributed by atoms with Crippen LogP contribution in [-0.2, 0) is 0 Å². The summed E-state index contributed by atoms with van der Waals surface area (Å²) in [5, 5.41) is 2.74. The van der Waals surface area contributed by atoms with Crippen molar-refractivity contribution in [1.82, 2.24) is 4.90 Å². The number of nitrogens with zero attached hydrogens (tertiary/aromatic N) is 1. The van der Waals surface area contributed by atoms with E-state index < -0.39 is 0 Å². The van der Waals surface area contributed by atoms with E-state index in [1.54, 1.807) is 14.1 Å². The van der Waals surface area contributed by atoms with Gasteiger partial charge in [0, 0.05) is 25.3 Å². The average Bonchev–Trinajstić information content (AvgIpc) is 2.28. The summed E-state index contributed by atoms with van der Waals surface area (Å²) in [7, 11) is 3.38. The van der Waals surface area contributed by atoms with E-state index in [0.29, 0.717) is 6.54 Å². The molecule has 0 unspecified atom stereocenters. The zero-order valence-corrected chi connectivity index (χ0v) is 9.45. The first-order valence-corrected chi connectivity index (χ1v) is 4.91. The minimum atomic E-state index is -0.152. The number of urea groups is 1. The molecule has 3 N–H and O–H groups in total. The Kier molecular flexibility index (Phi) is 4.37. The van der Waals surface area contributed by atoms with Crippen molar-refractivity contribution >= 4 is 11.7 Å². The van der Waals surface area contributed by atoms with Crippen LogP contribution in [-0.4, -0.2) is 31.6 Å².